The van der Waals surface area contributed by atoms with Gasteiger partial charge in [0.05, 0.1) is 19.8 Å². The summed E-state index contributed by atoms with van der Waals surface area (Å²) in [5.41, 5.74) is 2.85. The smallest absolute Gasteiger partial charge is 0.326 e. The fraction of sp³-hybridized carbons (Fsp3) is 0.500. The minimum absolute atomic E-state index is 0.0345. The van der Waals surface area contributed by atoms with Crippen LogP contribution in [0.25, 0.3) is 11.1 Å². The summed E-state index contributed by atoms with van der Waals surface area (Å²) >= 11 is 0. The second-order valence-corrected chi connectivity index (χ2v) is 10.9. The lowest BCUT2D eigenvalue weighted by atomic mass is 9.51. The van der Waals surface area contributed by atoms with Crippen molar-refractivity contribution in [1.82, 2.24) is 5.32 Å². The third kappa shape index (κ3) is 5.08. The fourth-order valence-corrected chi connectivity index (χ4v) is 7.33. The van der Waals surface area contributed by atoms with E-state index in [2.05, 4.69) is 10.5 Å². The Hall–Kier alpha value is -3.55. The molecule has 4 aliphatic carbocycles. The molecule has 0 spiro atoms. The molecule has 8 heteroatoms. The first-order chi connectivity index (χ1) is 18.4. The van der Waals surface area contributed by atoms with Crippen LogP contribution in [-0.4, -0.2) is 50.1 Å². The monoisotopic (exact) mass is 520 g/mol. The predicted molar refractivity (Wildman–Crippen MR) is 143 cm³/mol. The zero-order valence-corrected chi connectivity index (χ0v) is 22.2. The van der Waals surface area contributed by atoms with Crippen molar-refractivity contribution in [3.05, 3.63) is 48.0 Å². The maximum atomic E-state index is 13.4. The van der Waals surface area contributed by atoms with Crippen LogP contribution in [0.4, 0.5) is 0 Å². The molecule has 0 aliphatic heterocycles. The van der Waals surface area contributed by atoms with Crippen molar-refractivity contribution in [2.75, 3.05) is 21.3 Å². The molecule has 6 rings (SSSR count). The number of carbonyl (C=O) groups excluding carboxylic acids is 1. The normalized spacial score (nSPS) is 26.5. The lowest BCUT2D eigenvalue weighted by Gasteiger charge is -2.54. The Bertz CT molecular complexity index is 1160. The van der Waals surface area contributed by atoms with Crippen molar-refractivity contribution in [2.24, 2.45) is 34.7 Å². The first-order valence-corrected chi connectivity index (χ1v) is 13.4. The Kier molecular flexibility index (Phi) is 7.58. The van der Waals surface area contributed by atoms with E-state index in [-0.39, 0.29) is 12.3 Å². The van der Waals surface area contributed by atoms with Gasteiger partial charge in [0, 0.05) is 12.3 Å². The van der Waals surface area contributed by atoms with Crippen molar-refractivity contribution in [3.63, 3.8) is 0 Å². The topological polar surface area (TPSA) is 106 Å². The number of carbonyl (C=O) groups is 2. The molecule has 2 N–H and O–H groups in total. The van der Waals surface area contributed by atoms with Crippen LogP contribution in [0.1, 0.15) is 37.7 Å². The van der Waals surface area contributed by atoms with Gasteiger partial charge in [-0.1, -0.05) is 35.5 Å². The highest BCUT2D eigenvalue weighted by atomic mass is 16.6. The van der Waals surface area contributed by atoms with Gasteiger partial charge in [-0.2, -0.15) is 0 Å². The summed E-state index contributed by atoms with van der Waals surface area (Å²) in [6, 6.07) is 12.0. The van der Waals surface area contributed by atoms with Crippen LogP contribution in [-0.2, 0) is 20.8 Å². The third-order valence-electron chi connectivity index (χ3n) is 8.68. The lowest BCUT2D eigenvalue weighted by Crippen LogP contribution is -2.53. The summed E-state index contributed by atoms with van der Waals surface area (Å²) < 4.78 is 11.0. The van der Waals surface area contributed by atoms with Crippen LogP contribution >= 0.6 is 0 Å². The number of carboxylic acid groups (broad SMARTS) is 1. The highest BCUT2D eigenvalue weighted by molar-refractivity contribution is 6.40. The molecule has 0 aromatic heterocycles. The van der Waals surface area contributed by atoms with Gasteiger partial charge in [-0.3, -0.25) is 4.79 Å². The Balaban J connectivity index is 1.31. The van der Waals surface area contributed by atoms with Crippen LogP contribution in [0.2, 0.25) is 0 Å². The first kappa shape index (κ1) is 26.1. The van der Waals surface area contributed by atoms with Gasteiger partial charge in [0.2, 0.25) is 0 Å². The van der Waals surface area contributed by atoms with Gasteiger partial charge in [0.15, 0.2) is 0 Å². The number of rotatable bonds is 10. The van der Waals surface area contributed by atoms with Crippen molar-refractivity contribution < 1.29 is 29.0 Å². The number of ether oxygens (including phenoxy) is 2. The molecule has 4 bridgehead atoms. The molecular weight excluding hydrogens is 484 g/mol. The lowest BCUT2D eigenvalue weighted by molar-refractivity contribution is -0.141. The molecule has 2 aromatic carbocycles. The number of amides is 1. The van der Waals surface area contributed by atoms with Gasteiger partial charge in [0.25, 0.3) is 5.91 Å². The van der Waals surface area contributed by atoms with E-state index in [1.54, 1.807) is 14.2 Å². The molecule has 1 amide bonds. The number of nitrogens with one attached hydrogen (secondary N) is 1. The van der Waals surface area contributed by atoms with E-state index in [9.17, 15) is 14.7 Å². The van der Waals surface area contributed by atoms with Crippen LogP contribution < -0.4 is 14.8 Å². The van der Waals surface area contributed by atoms with E-state index in [1.807, 2.05) is 42.5 Å². The Morgan fingerprint density at radius 2 is 1.50 bits per heavy atom. The SMILES string of the molecule is CON=C(C(=O)N[C@@H](Cc1ccc(-c2c(OC)cccc2OC)cc1)C(=O)O)C1C2CC3CC(C2)CC1C3. The number of aliphatic carboxylic acids is 1. The zero-order valence-electron chi connectivity index (χ0n) is 22.2. The van der Waals surface area contributed by atoms with E-state index < -0.39 is 17.9 Å². The molecular formula is C30H36N2O6. The van der Waals surface area contributed by atoms with Crippen molar-refractivity contribution >= 4 is 17.6 Å². The molecule has 0 heterocycles. The van der Waals surface area contributed by atoms with Crippen LogP contribution in [0.3, 0.4) is 0 Å². The van der Waals surface area contributed by atoms with Crippen LogP contribution in [0, 0.1) is 29.6 Å². The fourth-order valence-electron chi connectivity index (χ4n) is 7.33. The molecule has 202 valence electrons. The van der Waals surface area contributed by atoms with Gasteiger partial charge in [-0.15, -0.1) is 0 Å². The Morgan fingerprint density at radius 3 is 2.00 bits per heavy atom. The quantitative estimate of drug-likeness (QED) is 0.352. The van der Waals surface area contributed by atoms with Gasteiger partial charge in [-0.25, -0.2) is 4.79 Å². The predicted octanol–water partition coefficient (Wildman–Crippen LogP) is 4.56. The van der Waals surface area contributed by atoms with Crippen molar-refractivity contribution in [3.8, 4) is 22.6 Å². The molecule has 4 aliphatic rings. The Labute approximate surface area is 223 Å². The third-order valence-corrected chi connectivity index (χ3v) is 8.68. The molecule has 38 heavy (non-hydrogen) atoms. The molecule has 2 aromatic rings. The summed E-state index contributed by atoms with van der Waals surface area (Å²) in [5, 5.41) is 16.9. The Morgan fingerprint density at radius 1 is 0.921 bits per heavy atom. The number of carboxylic acids is 1. The largest absolute Gasteiger partial charge is 0.496 e. The number of nitrogens with zero attached hydrogens (tertiary/aromatic N) is 1. The zero-order chi connectivity index (χ0) is 26.8. The second kappa shape index (κ2) is 11.1. The first-order valence-electron chi connectivity index (χ1n) is 13.4. The highest BCUT2D eigenvalue weighted by Crippen LogP contribution is 2.57. The second-order valence-electron chi connectivity index (χ2n) is 10.9. The van der Waals surface area contributed by atoms with Gasteiger partial charge < -0.3 is 24.7 Å². The van der Waals surface area contributed by atoms with E-state index in [0.717, 1.165) is 54.2 Å². The van der Waals surface area contributed by atoms with E-state index in [4.69, 9.17) is 14.3 Å². The summed E-state index contributed by atoms with van der Waals surface area (Å²) in [4.78, 5) is 30.7. The van der Waals surface area contributed by atoms with Crippen LogP contribution in [0.5, 0.6) is 11.5 Å². The van der Waals surface area contributed by atoms with E-state index in [1.165, 1.54) is 13.5 Å². The molecule has 0 radical (unpaired) electrons. The molecule has 0 unspecified atom stereocenters. The van der Waals surface area contributed by atoms with Crippen LogP contribution in [0.15, 0.2) is 47.6 Å². The highest BCUT2D eigenvalue weighted by Gasteiger charge is 2.51. The molecule has 8 nitrogen and oxygen atoms in total. The average Bonchev–Trinajstić information content (AvgIpc) is 2.91. The van der Waals surface area contributed by atoms with E-state index >= 15 is 0 Å². The molecule has 4 saturated carbocycles. The molecule has 4 fully saturated rings. The van der Waals surface area contributed by atoms with Gasteiger partial charge >= 0.3 is 5.97 Å². The molecule has 0 saturated heterocycles. The molecule has 1 atom stereocenters. The summed E-state index contributed by atoms with van der Waals surface area (Å²) in [6.45, 7) is 0. The number of oxime groups is 1. The van der Waals surface area contributed by atoms with E-state index in [0.29, 0.717) is 29.0 Å². The number of hydrogen-bond acceptors (Lipinski definition) is 6. The van der Waals surface area contributed by atoms with Gasteiger partial charge in [-0.05, 0) is 79.0 Å². The maximum absolute atomic E-state index is 13.4. The standard InChI is InChI=1S/C30H36N2O6/c1-36-24-5-4-6-25(37-2)27(24)20-9-7-17(8-10-20)16-23(30(34)35)31-29(33)28(32-38-3)26-21-12-18-11-19(14-21)15-22(26)13-18/h4-10,18-19,21-23,26H,11-16H2,1-3H3,(H,31,33)(H,34,35)/t18?,19?,21?,22?,23-,26?/m0/s1. The minimum atomic E-state index is -1.09. The van der Waals surface area contributed by atoms with Crippen molar-refractivity contribution in [2.45, 2.75) is 44.6 Å². The summed E-state index contributed by atoms with van der Waals surface area (Å²) in [5.74, 6) is 2.24. The van der Waals surface area contributed by atoms with Crippen molar-refractivity contribution in [1.29, 1.82) is 0 Å². The number of benzene rings is 2. The number of methoxy groups -OCH3 is 2. The number of hydrogen-bond donors (Lipinski definition) is 2. The van der Waals surface area contributed by atoms with Gasteiger partial charge in [0.1, 0.15) is 30.4 Å². The average molecular weight is 521 g/mol. The summed E-state index contributed by atoms with van der Waals surface area (Å²) in [7, 11) is 4.66. The summed E-state index contributed by atoms with van der Waals surface area (Å²) in [6.07, 6.45) is 5.95. The maximum Gasteiger partial charge on any atom is 0.326 e. The minimum Gasteiger partial charge on any atom is -0.496 e.